The third kappa shape index (κ3) is 3.64. The summed E-state index contributed by atoms with van der Waals surface area (Å²) in [6.45, 7) is 3.49. The van der Waals surface area contributed by atoms with Crippen LogP contribution in [-0.4, -0.2) is 28.9 Å². The Morgan fingerprint density at radius 1 is 1.23 bits per heavy atom. The Balaban J connectivity index is 1.43. The standard InChI is InChI=1S/C21H23N3OS/c1-2-15-9-11-16(12-10-15)22-20(25)14-24-13-5-7-18(24)21-23-17-6-3-4-8-19(17)26-21/h3-4,6,8-12,18H,2,5,7,13-14H2,1H3,(H,22,25). The average molecular weight is 366 g/mol. The number of aromatic nitrogens is 1. The van der Waals surface area contributed by atoms with Crippen LogP contribution in [0, 0.1) is 0 Å². The number of nitrogens with zero attached hydrogens (tertiary/aromatic N) is 2. The summed E-state index contributed by atoms with van der Waals surface area (Å²) >= 11 is 1.75. The fraction of sp³-hybridized carbons (Fsp3) is 0.333. The van der Waals surface area contributed by atoms with Crippen molar-refractivity contribution in [1.82, 2.24) is 9.88 Å². The molecule has 5 heteroatoms. The minimum Gasteiger partial charge on any atom is -0.325 e. The normalized spacial score (nSPS) is 17.7. The molecule has 1 aliphatic rings. The van der Waals surface area contributed by atoms with Crippen molar-refractivity contribution in [2.45, 2.75) is 32.2 Å². The van der Waals surface area contributed by atoms with Crippen LogP contribution in [0.15, 0.2) is 48.5 Å². The van der Waals surface area contributed by atoms with Gasteiger partial charge in [-0.3, -0.25) is 9.69 Å². The summed E-state index contributed by atoms with van der Waals surface area (Å²) < 4.78 is 1.22. The number of hydrogen-bond acceptors (Lipinski definition) is 4. The number of thiazole rings is 1. The van der Waals surface area contributed by atoms with Crippen molar-refractivity contribution in [3.63, 3.8) is 0 Å². The first kappa shape index (κ1) is 17.2. The summed E-state index contributed by atoms with van der Waals surface area (Å²) in [5, 5.41) is 4.15. The Bertz CT molecular complexity index is 870. The molecule has 2 heterocycles. The first-order chi connectivity index (χ1) is 12.7. The quantitative estimate of drug-likeness (QED) is 0.717. The Morgan fingerprint density at radius 2 is 2.04 bits per heavy atom. The van der Waals surface area contributed by atoms with E-state index in [9.17, 15) is 4.79 Å². The molecular formula is C21H23N3OS. The Kier molecular flexibility index (Phi) is 5.00. The van der Waals surface area contributed by atoms with Crippen LogP contribution in [0.4, 0.5) is 5.69 Å². The first-order valence-electron chi connectivity index (χ1n) is 9.21. The van der Waals surface area contributed by atoms with Crippen molar-refractivity contribution in [3.8, 4) is 0 Å². The van der Waals surface area contributed by atoms with Gasteiger partial charge in [-0.15, -0.1) is 11.3 Å². The summed E-state index contributed by atoms with van der Waals surface area (Å²) in [5.74, 6) is 0.0438. The molecule has 0 aliphatic carbocycles. The monoisotopic (exact) mass is 365 g/mol. The van der Waals surface area contributed by atoms with E-state index in [0.717, 1.165) is 42.0 Å². The lowest BCUT2D eigenvalue weighted by molar-refractivity contribution is -0.117. The molecule has 0 bridgehead atoms. The molecule has 1 unspecified atom stereocenters. The molecule has 1 N–H and O–H groups in total. The second-order valence-corrected chi connectivity index (χ2v) is 7.81. The van der Waals surface area contributed by atoms with Gasteiger partial charge in [0, 0.05) is 5.69 Å². The maximum atomic E-state index is 12.5. The SMILES string of the molecule is CCc1ccc(NC(=O)CN2CCCC2c2nc3ccccc3s2)cc1. The molecule has 3 aromatic rings. The number of amides is 1. The number of aryl methyl sites for hydroxylation is 1. The van der Waals surface area contributed by atoms with Crippen molar-refractivity contribution in [3.05, 3.63) is 59.1 Å². The van der Waals surface area contributed by atoms with E-state index < -0.39 is 0 Å². The number of para-hydroxylation sites is 1. The van der Waals surface area contributed by atoms with E-state index in [2.05, 4.69) is 41.4 Å². The van der Waals surface area contributed by atoms with Gasteiger partial charge in [0.25, 0.3) is 0 Å². The van der Waals surface area contributed by atoms with Gasteiger partial charge >= 0.3 is 0 Å². The number of likely N-dealkylation sites (tertiary alicyclic amines) is 1. The minimum atomic E-state index is 0.0438. The third-order valence-corrected chi connectivity index (χ3v) is 6.09. The molecule has 1 fully saturated rings. The molecule has 1 amide bonds. The van der Waals surface area contributed by atoms with Crippen LogP contribution in [0.3, 0.4) is 0 Å². The molecule has 2 aromatic carbocycles. The first-order valence-corrected chi connectivity index (χ1v) is 10.0. The number of carbonyl (C=O) groups excluding carboxylic acids is 1. The number of rotatable bonds is 5. The van der Waals surface area contributed by atoms with Gasteiger partial charge in [-0.05, 0) is 55.6 Å². The predicted molar refractivity (Wildman–Crippen MR) is 108 cm³/mol. The molecule has 0 radical (unpaired) electrons. The number of carbonyl (C=O) groups is 1. The topological polar surface area (TPSA) is 45.2 Å². The number of anilines is 1. The zero-order valence-electron chi connectivity index (χ0n) is 14.9. The molecule has 1 atom stereocenters. The summed E-state index contributed by atoms with van der Waals surface area (Å²) in [6, 6.07) is 16.6. The van der Waals surface area contributed by atoms with E-state index in [0.29, 0.717) is 6.54 Å². The van der Waals surface area contributed by atoms with E-state index in [1.54, 1.807) is 11.3 Å². The summed E-state index contributed by atoms with van der Waals surface area (Å²) in [7, 11) is 0. The van der Waals surface area contributed by atoms with Gasteiger partial charge < -0.3 is 5.32 Å². The summed E-state index contributed by atoms with van der Waals surface area (Å²) in [5.41, 5.74) is 3.20. The maximum Gasteiger partial charge on any atom is 0.238 e. The van der Waals surface area contributed by atoms with E-state index in [1.807, 2.05) is 24.3 Å². The third-order valence-electron chi connectivity index (χ3n) is 4.95. The summed E-state index contributed by atoms with van der Waals surface area (Å²) in [4.78, 5) is 19.6. The minimum absolute atomic E-state index is 0.0438. The van der Waals surface area contributed by atoms with E-state index in [4.69, 9.17) is 4.98 Å². The van der Waals surface area contributed by atoms with E-state index in [1.165, 1.54) is 10.3 Å². The van der Waals surface area contributed by atoms with Crippen molar-refractivity contribution in [2.24, 2.45) is 0 Å². The fourth-order valence-corrected chi connectivity index (χ4v) is 4.67. The Morgan fingerprint density at radius 3 is 2.81 bits per heavy atom. The smallest absolute Gasteiger partial charge is 0.238 e. The van der Waals surface area contributed by atoms with Crippen LogP contribution in [0.5, 0.6) is 0 Å². The van der Waals surface area contributed by atoms with Crippen LogP contribution in [0.2, 0.25) is 0 Å². The van der Waals surface area contributed by atoms with Gasteiger partial charge in [0.15, 0.2) is 0 Å². The lowest BCUT2D eigenvalue weighted by atomic mass is 10.1. The zero-order valence-corrected chi connectivity index (χ0v) is 15.8. The van der Waals surface area contributed by atoms with Crippen LogP contribution in [0.25, 0.3) is 10.2 Å². The number of fused-ring (bicyclic) bond motifs is 1. The average Bonchev–Trinajstić information content (AvgIpc) is 3.28. The van der Waals surface area contributed by atoms with Crippen molar-refractivity contribution < 1.29 is 4.79 Å². The molecular weight excluding hydrogens is 342 g/mol. The van der Waals surface area contributed by atoms with Crippen LogP contribution >= 0.6 is 11.3 Å². The van der Waals surface area contributed by atoms with Crippen LogP contribution < -0.4 is 5.32 Å². The van der Waals surface area contributed by atoms with Crippen LogP contribution in [-0.2, 0) is 11.2 Å². The van der Waals surface area contributed by atoms with E-state index >= 15 is 0 Å². The van der Waals surface area contributed by atoms with Crippen molar-refractivity contribution in [1.29, 1.82) is 0 Å². The van der Waals surface area contributed by atoms with Crippen molar-refractivity contribution in [2.75, 3.05) is 18.4 Å². The molecule has 0 saturated carbocycles. The maximum absolute atomic E-state index is 12.5. The number of hydrogen-bond donors (Lipinski definition) is 1. The molecule has 1 aliphatic heterocycles. The highest BCUT2D eigenvalue weighted by Crippen LogP contribution is 2.36. The van der Waals surface area contributed by atoms with Gasteiger partial charge in [0.2, 0.25) is 5.91 Å². The lowest BCUT2D eigenvalue weighted by Gasteiger charge is -2.22. The zero-order chi connectivity index (χ0) is 17.9. The Labute approximate surface area is 157 Å². The highest BCUT2D eigenvalue weighted by Gasteiger charge is 2.30. The molecule has 4 rings (SSSR count). The highest BCUT2D eigenvalue weighted by molar-refractivity contribution is 7.18. The molecule has 134 valence electrons. The molecule has 1 aromatic heterocycles. The second-order valence-electron chi connectivity index (χ2n) is 6.75. The highest BCUT2D eigenvalue weighted by atomic mass is 32.1. The fourth-order valence-electron chi connectivity index (χ4n) is 3.54. The second kappa shape index (κ2) is 7.56. The summed E-state index contributed by atoms with van der Waals surface area (Å²) in [6.07, 6.45) is 3.18. The number of benzene rings is 2. The van der Waals surface area contributed by atoms with Gasteiger partial charge in [0.1, 0.15) is 5.01 Å². The molecule has 26 heavy (non-hydrogen) atoms. The van der Waals surface area contributed by atoms with E-state index in [-0.39, 0.29) is 11.9 Å². The van der Waals surface area contributed by atoms with Gasteiger partial charge in [-0.1, -0.05) is 31.2 Å². The lowest BCUT2D eigenvalue weighted by Crippen LogP contribution is -2.32. The van der Waals surface area contributed by atoms with Gasteiger partial charge in [-0.25, -0.2) is 4.98 Å². The van der Waals surface area contributed by atoms with Gasteiger partial charge in [0.05, 0.1) is 22.8 Å². The van der Waals surface area contributed by atoms with Crippen molar-refractivity contribution >= 4 is 33.1 Å². The Hall–Kier alpha value is -2.24. The molecule has 1 saturated heterocycles. The van der Waals surface area contributed by atoms with Gasteiger partial charge in [-0.2, -0.15) is 0 Å². The predicted octanol–water partition coefficient (Wildman–Crippen LogP) is 4.63. The number of nitrogens with one attached hydrogen (secondary N) is 1. The molecule has 4 nitrogen and oxygen atoms in total. The van der Waals surface area contributed by atoms with Crippen LogP contribution in [0.1, 0.15) is 36.4 Å². The molecule has 0 spiro atoms. The largest absolute Gasteiger partial charge is 0.325 e.